The molecule has 11 heteroatoms. The van der Waals surface area contributed by atoms with E-state index in [0.29, 0.717) is 28.6 Å². The zero-order valence-electron chi connectivity index (χ0n) is 20.1. The van der Waals surface area contributed by atoms with E-state index < -0.39 is 29.3 Å². The number of nitrogens with one attached hydrogen (secondary N) is 1. The van der Waals surface area contributed by atoms with E-state index in [9.17, 15) is 35.8 Å². The highest BCUT2D eigenvalue weighted by molar-refractivity contribution is 6.33. The number of halogens is 8. The number of fused-ring (bicyclic) bond motifs is 6. The molecule has 6 rings (SSSR count). The molecule has 40 heavy (non-hydrogen) atoms. The molecular formula is C29H16ClF7N2O. The SMILES string of the molecule is OC(c1ccc2c(c1)c1cc(C#CC3CC3)ccc1c1nc(-c3c(F)cccc3Cl)[nH]c21)(C(F)(F)F)C(F)(F)F. The highest BCUT2D eigenvalue weighted by Crippen LogP contribution is 2.51. The molecule has 3 nitrogen and oxygen atoms in total. The van der Waals surface area contributed by atoms with E-state index >= 15 is 0 Å². The van der Waals surface area contributed by atoms with E-state index in [1.807, 2.05) is 0 Å². The summed E-state index contributed by atoms with van der Waals surface area (Å²) < 4.78 is 97.0. The molecule has 0 amide bonds. The van der Waals surface area contributed by atoms with Crippen molar-refractivity contribution in [2.24, 2.45) is 5.92 Å². The normalized spacial score (nSPS) is 14.6. The lowest BCUT2D eigenvalue weighted by molar-refractivity contribution is -0.376. The number of aromatic nitrogens is 2. The third kappa shape index (κ3) is 4.07. The molecule has 1 aliphatic rings. The fourth-order valence-corrected chi connectivity index (χ4v) is 5.02. The topological polar surface area (TPSA) is 48.9 Å². The Morgan fingerprint density at radius 1 is 0.875 bits per heavy atom. The van der Waals surface area contributed by atoms with Crippen LogP contribution in [0.5, 0.6) is 0 Å². The van der Waals surface area contributed by atoms with Crippen molar-refractivity contribution < 1.29 is 35.8 Å². The number of hydrogen-bond acceptors (Lipinski definition) is 2. The summed E-state index contributed by atoms with van der Waals surface area (Å²) in [4.78, 5) is 7.46. The second-order valence-corrected chi connectivity index (χ2v) is 10.1. The number of benzene rings is 4. The van der Waals surface area contributed by atoms with Crippen LogP contribution in [0, 0.1) is 23.6 Å². The molecule has 1 fully saturated rings. The van der Waals surface area contributed by atoms with E-state index in [1.165, 1.54) is 18.2 Å². The molecule has 1 aliphatic carbocycles. The average molecular weight is 577 g/mol. The predicted octanol–water partition coefficient (Wildman–Crippen LogP) is 8.40. The van der Waals surface area contributed by atoms with Crippen LogP contribution in [0.4, 0.5) is 30.7 Å². The van der Waals surface area contributed by atoms with Gasteiger partial charge in [0.05, 0.1) is 21.6 Å². The number of aliphatic hydroxyl groups is 1. The van der Waals surface area contributed by atoms with Gasteiger partial charge in [-0.05, 0) is 53.9 Å². The second-order valence-electron chi connectivity index (χ2n) is 9.68. The van der Waals surface area contributed by atoms with Crippen molar-refractivity contribution in [2.45, 2.75) is 30.8 Å². The van der Waals surface area contributed by atoms with Crippen LogP contribution in [0.2, 0.25) is 5.02 Å². The van der Waals surface area contributed by atoms with Crippen molar-refractivity contribution in [2.75, 3.05) is 0 Å². The number of imidazole rings is 1. The van der Waals surface area contributed by atoms with E-state index in [2.05, 4.69) is 21.8 Å². The monoisotopic (exact) mass is 576 g/mol. The Labute approximate surface area is 226 Å². The van der Waals surface area contributed by atoms with Gasteiger partial charge in [-0.2, -0.15) is 26.3 Å². The minimum Gasteiger partial charge on any atom is -0.369 e. The van der Waals surface area contributed by atoms with Gasteiger partial charge in [-0.1, -0.05) is 47.7 Å². The van der Waals surface area contributed by atoms with Gasteiger partial charge < -0.3 is 10.1 Å². The van der Waals surface area contributed by atoms with Gasteiger partial charge in [0.25, 0.3) is 5.60 Å². The molecular weight excluding hydrogens is 561 g/mol. The fraction of sp³-hybridized carbons (Fsp3) is 0.207. The van der Waals surface area contributed by atoms with Gasteiger partial charge in [-0.25, -0.2) is 9.37 Å². The summed E-state index contributed by atoms with van der Waals surface area (Å²) in [5, 5.41) is 10.9. The molecule has 1 aromatic heterocycles. The molecule has 1 saturated carbocycles. The van der Waals surface area contributed by atoms with Crippen molar-refractivity contribution in [1.29, 1.82) is 0 Å². The number of aromatic amines is 1. The standard InChI is InChI=1S/C29H16ClF7N2O/c30-21-2-1-3-22(31)23(21)26-38-24-17-10-8-15(7-6-14-4-5-14)12-19(17)20-13-16(9-11-18(20)25(24)39-26)27(40,28(32,33)34)29(35,36)37/h1-3,8-14,40H,4-5H2,(H,38,39). The molecule has 1 heterocycles. The first-order valence-electron chi connectivity index (χ1n) is 12.0. The van der Waals surface area contributed by atoms with Crippen molar-refractivity contribution in [3.05, 3.63) is 76.6 Å². The maximum absolute atomic E-state index is 14.7. The minimum absolute atomic E-state index is 0.0168. The number of H-pyrrole nitrogens is 1. The molecule has 0 aliphatic heterocycles. The Bertz CT molecular complexity index is 1860. The zero-order chi connectivity index (χ0) is 28.6. The maximum atomic E-state index is 14.7. The van der Waals surface area contributed by atoms with Crippen molar-refractivity contribution in [3.63, 3.8) is 0 Å². The van der Waals surface area contributed by atoms with Gasteiger partial charge >= 0.3 is 12.4 Å². The third-order valence-corrected chi connectivity index (χ3v) is 7.31. The lowest BCUT2D eigenvalue weighted by atomic mass is 9.88. The summed E-state index contributed by atoms with van der Waals surface area (Å²) >= 11 is 6.21. The summed E-state index contributed by atoms with van der Waals surface area (Å²) in [6.45, 7) is 0. The maximum Gasteiger partial charge on any atom is 0.430 e. The van der Waals surface area contributed by atoms with Crippen LogP contribution >= 0.6 is 11.6 Å². The van der Waals surface area contributed by atoms with E-state index in [0.717, 1.165) is 18.9 Å². The van der Waals surface area contributed by atoms with Gasteiger partial charge in [-0.3, -0.25) is 0 Å². The average Bonchev–Trinajstić information content (AvgIpc) is 3.61. The summed E-state index contributed by atoms with van der Waals surface area (Å²) in [6.07, 6.45) is -10.2. The number of nitrogens with zero attached hydrogens (tertiary/aromatic N) is 1. The van der Waals surface area contributed by atoms with Crippen LogP contribution in [-0.4, -0.2) is 27.4 Å². The van der Waals surface area contributed by atoms with Gasteiger partial charge in [-0.15, -0.1) is 0 Å². The molecule has 2 N–H and O–H groups in total. The van der Waals surface area contributed by atoms with Crippen LogP contribution in [0.25, 0.3) is 44.0 Å². The zero-order valence-corrected chi connectivity index (χ0v) is 20.9. The Kier molecular flexibility index (Phi) is 5.84. The van der Waals surface area contributed by atoms with Crippen molar-refractivity contribution in [3.8, 4) is 23.2 Å². The van der Waals surface area contributed by atoms with Crippen molar-refractivity contribution in [1.82, 2.24) is 9.97 Å². The number of rotatable bonds is 2. The Hall–Kier alpha value is -3.81. The van der Waals surface area contributed by atoms with E-state index in [-0.39, 0.29) is 44.0 Å². The lowest BCUT2D eigenvalue weighted by Crippen LogP contribution is -2.53. The van der Waals surface area contributed by atoms with Crippen LogP contribution < -0.4 is 0 Å². The number of alkyl halides is 6. The molecule has 0 atom stereocenters. The van der Waals surface area contributed by atoms with Crippen LogP contribution in [0.3, 0.4) is 0 Å². The molecule has 5 aromatic rings. The largest absolute Gasteiger partial charge is 0.430 e. The quantitative estimate of drug-likeness (QED) is 0.126. The molecule has 0 spiro atoms. The summed E-state index contributed by atoms with van der Waals surface area (Å²) in [6, 6.07) is 11.2. The first kappa shape index (κ1) is 26.4. The van der Waals surface area contributed by atoms with Crippen LogP contribution in [0.15, 0.2) is 54.6 Å². The third-order valence-electron chi connectivity index (χ3n) is 6.99. The highest BCUT2D eigenvalue weighted by atomic mass is 35.5. The van der Waals surface area contributed by atoms with Gasteiger partial charge in [0.15, 0.2) is 0 Å². The van der Waals surface area contributed by atoms with Crippen molar-refractivity contribution >= 4 is 44.2 Å². The van der Waals surface area contributed by atoms with Crippen LogP contribution in [0.1, 0.15) is 24.0 Å². The summed E-state index contributed by atoms with van der Waals surface area (Å²) in [5.41, 5.74) is -5.52. The lowest BCUT2D eigenvalue weighted by Gasteiger charge is -2.32. The molecule has 0 unspecified atom stereocenters. The molecule has 0 bridgehead atoms. The van der Waals surface area contributed by atoms with E-state index in [1.54, 1.807) is 18.2 Å². The Morgan fingerprint density at radius 3 is 2.20 bits per heavy atom. The minimum atomic E-state index is -6.05. The smallest absolute Gasteiger partial charge is 0.369 e. The van der Waals surface area contributed by atoms with E-state index in [4.69, 9.17) is 11.6 Å². The van der Waals surface area contributed by atoms with Gasteiger partial charge in [0, 0.05) is 27.8 Å². The molecule has 0 radical (unpaired) electrons. The first-order valence-corrected chi connectivity index (χ1v) is 12.4. The molecule has 0 saturated heterocycles. The molecule has 204 valence electrons. The van der Waals surface area contributed by atoms with Gasteiger partial charge in [0.1, 0.15) is 11.6 Å². The summed E-state index contributed by atoms with van der Waals surface area (Å²) in [7, 11) is 0. The first-order chi connectivity index (χ1) is 18.8. The molecule has 4 aromatic carbocycles. The van der Waals surface area contributed by atoms with Crippen LogP contribution in [-0.2, 0) is 5.60 Å². The number of hydrogen-bond donors (Lipinski definition) is 2. The van der Waals surface area contributed by atoms with Gasteiger partial charge in [0.2, 0.25) is 0 Å². The summed E-state index contributed by atoms with van der Waals surface area (Å²) in [5.74, 6) is 5.66. The Morgan fingerprint density at radius 2 is 1.55 bits per heavy atom. The highest BCUT2D eigenvalue weighted by Gasteiger charge is 2.71. The predicted molar refractivity (Wildman–Crippen MR) is 137 cm³/mol. The second kappa shape index (κ2) is 8.85. The fourth-order valence-electron chi connectivity index (χ4n) is 4.77. The Balaban J connectivity index is 1.70.